The Labute approximate surface area is 80.3 Å². The second-order valence-corrected chi connectivity index (χ2v) is 4.37. The lowest BCUT2D eigenvalue weighted by molar-refractivity contribution is -0.134. The molecule has 2 atom stereocenters. The van der Waals surface area contributed by atoms with Crippen molar-refractivity contribution in [3.05, 3.63) is 0 Å². The molecule has 0 aromatic heterocycles. The number of Topliss-reactive ketones (excluding diaryl/α,β-unsaturated/α-hetero) is 1. The minimum absolute atomic E-state index is 0.0961. The zero-order valence-corrected chi connectivity index (χ0v) is 8.68. The van der Waals surface area contributed by atoms with Gasteiger partial charge in [-0.25, -0.2) is 0 Å². The number of aliphatic hydroxyl groups is 1. The maximum absolute atomic E-state index is 11.6. The van der Waals surface area contributed by atoms with Gasteiger partial charge in [-0.3, -0.25) is 4.79 Å². The van der Waals surface area contributed by atoms with Crippen molar-refractivity contribution < 1.29 is 9.90 Å². The number of carbonyl (C=O) groups is 1. The Kier molecular flexibility index (Phi) is 3.48. The first kappa shape index (κ1) is 10.7. The summed E-state index contributed by atoms with van der Waals surface area (Å²) in [5, 5.41) is 10.1. The van der Waals surface area contributed by atoms with E-state index < -0.39 is 5.60 Å². The summed E-state index contributed by atoms with van der Waals surface area (Å²) in [6.45, 7) is 3.85. The van der Waals surface area contributed by atoms with E-state index in [0.717, 1.165) is 32.1 Å². The van der Waals surface area contributed by atoms with E-state index in [4.69, 9.17) is 0 Å². The first-order chi connectivity index (χ1) is 6.08. The van der Waals surface area contributed by atoms with Crippen molar-refractivity contribution in [2.24, 2.45) is 5.92 Å². The van der Waals surface area contributed by atoms with Gasteiger partial charge in [-0.2, -0.15) is 0 Å². The molecular weight excluding hydrogens is 164 g/mol. The number of carbonyl (C=O) groups excluding carboxylic acids is 1. The van der Waals surface area contributed by atoms with Crippen LogP contribution >= 0.6 is 0 Å². The third kappa shape index (κ3) is 2.53. The third-order valence-corrected chi connectivity index (χ3v) is 3.06. The molecule has 0 aromatic carbocycles. The predicted octanol–water partition coefficient (Wildman–Crippen LogP) is 2.30. The van der Waals surface area contributed by atoms with Crippen molar-refractivity contribution in [1.82, 2.24) is 0 Å². The van der Waals surface area contributed by atoms with Crippen LogP contribution in [0, 0.1) is 5.92 Å². The van der Waals surface area contributed by atoms with E-state index in [0.29, 0.717) is 6.42 Å². The lowest BCUT2D eigenvalue weighted by Crippen LogP contribution is -2.41. The molecule has 0 radical (unpaired) electrons. The predicted molar refractivity (Wildman–Crippen MR) is 52.5 cm³/mol. The molecule has 0 spiro atoms. The van der Waals surface area contributed by atoms with Gasteiger partial charge >= 0.3 is 0 Å². The molecule has 0 bridgehead atoms. The number of ketones is 1. The molecule has 1 fully saturated rings. The number of hydrogen-bond donors (Lipinski definition) is 1. The maximum atomic E-state index is 11.6. The molecule has 1 aliphatic rings. The zero-order valence-electron chi connectivity index (χ0n) is 8.68. The van der Waals surface area contributed by atoms with E-state index in [-0.39, 0.29) is 11.7 Å². The standard InChI is InChI=1S/C11H20O2/c1-3-8-11(2,13)9-6-4-5-7-10(9)12/h9,13H,3-8H2,1-2H3. The molecule has 1 rings (SSSR count). The van der Waals surface area contributed by atoms with Crippen molar-refractivity contribution in [2.45, 2.75) is 58.0 Å². The van der Waals surface area contributed by atoms with Crippen LogP contribution < -0.4 is 0 Å². The largest absolute Gasteiger partial charge is 0.389 e. The minimum Gasteiger partial charge on any atom is -0.389 e. The van der Waals surface area contributed by atoms with E-state index in [1.165, 1.54) is 0 Å². The Morgan fingerprint density at radius 3 is 2.77 bits per heavy atom. The number of rotatable bonds is 3. The van der Waals surface area contributed by atoms with Gasteiger partial charge < -0.3 is 5.11 Å². The van der Waals surface area contributed by atoms with Crippen molar-refractivity contribution in [3.8, 4) is 0 Å². The second kappa shape index (κ2) is 4.23. The van der Waals surface area contributed by atoms with E-state index in [1.807, 2.05) is 13.8 Å². The van der Waals surface area contributed by atoms with Gasteiger partial charge in [-0.1, -0.05) is 19.8 Å². The second-order valence-electron chi connectivity index (χ2n) is 4.37. The first-order valence-electron chi connectivity index (χ1n) is 5.33. The molecule has 0 aliphatic heterocycles. The molecule has 1 saturated carbocycles. The summed E-state index contributed by atoms with van der Waals surface area (Å²) in [5.41, 5.74) is -0.758. The summed E-state index contributed by atoms with van der Waals surface area (Å²) in [5.74, 6) is 0.172. The molecular formula is C11H20O2. The monoisotopic (exact) mass is 184 g/mol. The number of hydrogen-bond acceptors (Lipinski definition) is 2. The summed E-state index contributed by atoms with van der Waals surface area (Å²) in [7, 11) is 0. The Morgan fingerprint density at radius 1 is 1.54 bits per heavy atom. The topological polar surface area (TPSA) is 37.3 Å². The smallest absolute Gasteiger partial charge is 0.138 e. The van der Waals surface area contributed by atoms with Crippen LogP contribution in [-0.2, 0) is 4.79 Å². The summed E-state index contributed by atoms with van der Waals surface area (Å²) in [4.78, 5) is 11.6. The lowest BCUT2D eigenvalue weighted by atomic mass is 9.75. The van der Waals surface area contributed by atoms with Gasteiger partial charge in [-0.15, -0.1) is 0 Å². The fraction of sp³-hybridized carbons (Fsp3) is 0.909. The normalized spacial score (nSPS) is 28.5. The molecule has 1 aliphatic carbocycles. The fourth-order valence-corrected chi connectivity index (χ4v) is 2.32. The molecule has 0 heterocycles. The highest BCUT2D eigenvalue weighted by molar-refractivity contribution is 5.82. The van der Waals surface area contributed by atoms with Crippen molar-refractivity contribution in [2.75, 3.05) is 0 Å². The van der Waals surface area contributed by atoms with Gasteiger partial charge in [0, 0.05) is 12.3 Å². The Morgan fingerprint density at radius 2 is 2.23 bits per heavy atom. The van der Waals surface area contributed by atoms with Crippen molar-refractivity contribution in [1.29, 1.82) is 0 Å². The van der Waals surface area contributed by atoms with Gasteiger partial charge in [0.2, 0.25) is 0 Å². The molecule has 76 valence electrons. The van der Waals surface area contributed by atoms with Crippen LogP contribution in [0.5, 0.6) is 0 Å². The Balaban J connectivity index is 2.61. The van der Waals surface area contributed by atoms with Crippen LogP contribution in [0.4, 0.5) is 0 Å². The van der Waals surface area contributed by atoms with Crippen LogP contribution in [-0.4, -0.2) is 16.5 Å². The fourth-order valence-electron chi connectivity index (χ4n) is 2.32. The average Bonchev–Trinajstić information content (AvgIpc) is 2.04. The van der Waals surface area contributed by atoms with Gasteiger partial charge in [0.1, 0.15) is 5.78 Å². The van der Waals surface area contributed by atoms with Crippen LogP contribution in [0.2, 0.25) is 0 Å². The highest BCUT2D eigenvalue weighted by Gasteiger charge is 2.37. The van der Waals surface area contributed by atoms with Crippen molar-refractivity contribution in [3.63, 3.8) is 0 Å². The molecule has 2 unspecified atom stereocenters. The molecule has 1 N–H and O–H groups in total. The molecule has 2 nitrogen and oxygen atoms in total. The Bertz CT molecular complexity index is 185. The van der Waals surface area contributed by atoms with E-state index >= 15 is 0 Å². The van der Waals surface area contributed by atoms with Crippen LogP contribution in [0.15, 0.2) is 0 Å². The summed E-state index contributed by atoms with van der Waals surface area (Å²) in [6, 6.07) is 0. The van der Waals surface area contributed by atoms with E-state index in [9.17, 15) is 9.90 Å². The molecule has 0 saturated heterocycles. The van der Waals surface area contributed by atoms with Crippen LogP contribution in [0.25, 0.3) is 0 Å². The van der Waals surface area contributed by atoms with Gasteiger partial charge in [0.05, 0.1) is 5.60 Å². The quantitative estimate of drug-likeness (QED) is 0.730. The summed E-state index contributed by atoms with van der Waals surface area (Å²) in [6.07, 6.45) is 5.34. The van der Waals surface area contributed by atoms with E-state index in [2.05, 4.69) is 0 Å². The first-order valence-corrected chi connectivity index (χ1v) is 5.33. The highest BCUT2D eigenvalue weighted by Crippen LogP contribution is 2.32. The SMILES string of the molecule is CCCC(C)(O)C1CCCCC1=O. The molecule has 2 heteroatoms. The van der Waals surface area contributed by atoms with E-state index in [1.54, 1.807) is 0 Å². The van der Waals surface area contributed by atoms with Crippen molar-refractivity contribution >= 4 is 5.78 Å². The van der Waals surface area contributed by atoms with Crippen LogP contribution in [0.3, 0.4) is 0 Å². The van der Waals surface area contributed by atoms with Gasteiger partial charge in [0.25, 0.3) is 0 Å². The third-order valence-electron chi connectivity index (χ3n) is 3.06. The molecule has 0 aromatic rings. The zero-order chi connectivity index (χ0) is 9.90. The van der Waals surface area contributed by atoms with Crippen LogP contribution in [0.1, 0.15) is 52.4 Å². The minimum atomic E-state index is -0.758. The maximum Gasteiger partial charge on any atom is 0.138 e. The lowest BCUT2D eigenvalue weighted by Gasteiger charge is -2.34. The molecule has 13 heavy (non-hydrogen) atoms. The summed E-state index contributed by atoms with van der Waals surface area (Å²) >= 11 is 0. The Hall–Kier alpha value is -0.370. The summed E-state index contributed by atoms with van der Waals surface area (Å²) < 4.78 is 0. The highest BCUT2D eigenvalue weighted by atomic mass is 16.3. The van der Waals surface area contributed by atoms with Gasteiger partial charge in [-0.05, 0) is 26.2 Å². The van der Waals surface area contributed by atoms with Gasteiger partial charge in [0.15, 0.2) is 0 Å². The molecule has 0 amide bonds. The average molecular weight is 184 g/mol.